The van der Waals surface area contributed by atoms with Crippen molar-refractivity contribution in [1.29, 1.82) is 0 Å². The molecule has 1 N–H and O–H groups in total. The highest BCUT2D eigenvalue weighted by atomic mass is 14.9. The summed E-state index contributed by atoms with van der Waals surface area (Å²) in [4.78, 5) is 0. The normalized spacial score (nSPS) is 24.0. The second-order valence-electron chi connectivity index (χ2n) is 6.99. The molecule has 1 saturated carbocycles. The van der Waals surface area contributed by atoms with E-state index in [1.54, 1.807) is 0 Å². The summed E-state index contributed by atoms with van der Waals surface area (Å²) in [5.74, 6) is 1.76. The van der Waals surface area contributed by atoms with E-state index in [-0.39, 0.29) is 0 Å². The molecular weight excluding hydrogens is 254 g/mol. The van der Waals surface area contributed by atoms with Crippen LogP contribution < -0.4 is 5.32 Å². The first-order chi connectivity index (χ1) is 10.2. The molecule has 0 radical (unpaired) electrons. The van der Waals surface area contributed by atoms with E-state index in [0.717, 1.165) is 18.4 Å². The van der Waals surface area contributed by atoms with E-state index in [1.807, 2.05) is 0 Å². The van der Waals surface area contributed by atoms with Crippen LogP contribution in [0.25, 0.3) is 0 Å². The van der Waals surface area contributed by atoms with Crippen LogP contribution in [0, 0.1) is 25.7 Å². The first-order valence-corrected chi connectivity index (χ1v) is 8.96. The topological polar surface area (TPSA) is 12.0 Å². The maximum Gasteiger partial charge on any atom is 0.0351 e. The maximum absolute atomic E-state index is 3.86. The van der Waals surface area contributed by atoms with Gasteiger partial charge in [0.15, 0.2) is 0 Å². The van der Waals surface area contributed by atoms with Gasteiger partial charge in [0.1, 0.15) is 0 Å². The Kier molecular flexibility index (Phi) is 6.29. The lowest BCUT2D eigenvalue weighted by atomic mass is 9.74. The Morgan fingerprint density at radius 3 is 2.67 bits per heavy atom. The van der Waals surface area contributed by atoms with E-state index in [0.29, 0.717) is 6.04 Å². The van der Waals surface area contributed by atoms with Gasteiger partial charge in [-0.3, -0.25) is 0 Å². The molecule has 0 bridgehead atoms. The van der Waals surface area contributed by atoms with Gasteiger partial charge >= 0.3 is 0 Å². The summed E-state index contributed by atoms with van der Waals surface area (Å²) in [5, 5.41) is 3.86. The third-order valence-corrected chi connectivity index (χ3v) is 5.25. The number of hydrogen-bond donors (Lipinski definition) is 1. The molecule has 1 heteroatoms. The van der Waals surface area contributed by atoms with Crippen LogP contribution in [0.3, 0.4) is 0 Å². The highest BCUT2D eigenvalue weighted by Crippen LogP contribution is 2.39. The molecule has 3 unspecified atom stereocenters. The fourth-order valence-corrected chi connectivity index (χ4v) is 4.01. The molecule has 0 amide bonds. The molecule has 0 aromatic heterocycles. The zero-order valence-electron chi connectivity index (χ0n) is 14.4. The molecule has 0 aliphatic heterocycles. The van der Waals surface area contributed by atoms with Crippen LogP contribution in [0.1, 0.15) is 75.1 Å². The van der Waals surface area contributed by atoms with Crippen molar-refractivity contribution in [2.75, 3.05) is 6.54 Å². The summed E-state index contributed by atoms with van der Waals surface area (Å²) >= 11 is 0. The van der Waals surface area contributed by atoms with Gasteiger partial charge in [-0.15, -0.1) is 0 Å². The van der Waals surface area contributed by atoms with Gasteiger partial charge in [-0.2, -0.15) is 0 Å². The molecule has 1 aliphatic carbocycles. The van der Waals surface area contributed by atoms with Crippen LogP contribution in [-0.4, -0.2) is 6.54 Å². The predicted molar refractivity (Wildman–Crippen MR) is 92.7 cm³/mol. The van der Waals surface area contributed by atoms with Gasteiger partial charge in [-0.1, -0.05) is 56.9 Å². The molecule has 0 saturated heterocycles. The molecule has 21 heavy (non-hydrogen) atoms. The van der Waals surface area contributed by atoms with Crippen molar-refractivity contribution in [3.05, 3.63) is 34.9 Å². The SMILES string of the molecule is CCCNC(c1ccc(C)cc1C)C1CCCC(CC)C1. The Hall–Kier alpha value is -0.820. The highest BCUT2D eigenvalue weighted by Gasteiger charge is 2.29. The Morgan fingerprint density at radius 2 is 2.00 bits per heavy atom. The average molecular weight is 287 g/mol. The summed E-state index contributed by atoms with van der Waals surface area (Å²) in [6.07, 6.45) is 8.23. The summed E-state index contributed by atoms with van der Waals surface area (Å²) in [6, 6.07) is 7.55. The van der Waals surface area contributed by atoms with Crippen LogP contribution in [0.4, 0.5) is 0 Å². The quantitative estimate of drug-likeness (QED) is 0.722. The molecule has 3 atom stereocenters. The zero-order chi connectivity index (χ0) is 15.2. The number of nitrogens with one attached hydrogen (secondary N) is 1. The molecule has 1 aromatic carbocycles. The van der Waals surface area contributed by atoms with Crippen LogP contribution in [0.2, 0.25) is 0 Å². The third kappa shape index (κ3) is 4.32. The van der Waals surface area contributed by atoms with Crippen molar-refractivity contribution in [2.24, 2.45) is 11.8 Å². The summed E-state index contributed by atoms with van der Waals surface area (Å²) in [7, 11) is 0. The van der Waals surface area contributed by atoms with Gasteiger partial charge < -0.3 is 5.32 Å². The number of aryl methyl sites for hydroxylation is 2. The molecule has 1 aliphatic rings. The smallest absolute Gasteiger partial charge is 0.0351 e. The second-order valence-corrected chi connectivity index (χ2v) is 6.99. The monoisotopic (exact) mass is 287 g/mol. The number of rotatable bonds is 6. The van der Waals surface area contributed by atoms with Gasteiger partial charge in [0, 0.05) is 6.04 Å². The lowest BCUT2D eigenvalue weighted by Gasteiger charge is -2.36. The molecule has 1 nitrogen and oxygen atoms in total. The Labute approximate surface area is 131 Å². The van der Waals surface area contributed by atoms with Crippen molar-refractivity contribution >= 4 is 0 Å². The van der Waals surface area contributed by atoms with Crippen molar-refractivity contribution in [1.82, 2.24) is 5.32 Å². The molecule has 2 rings (SSSR count). The van der Waals surface area contributed by atoms with E-state index >= 15 is 0 Å². The molecule has 1 aromatic rings. The van der Waals surface area contributed by atoms with E-state index in [2.05, 4.69) is 51.2 Å². The summed E-state index contributed by atoms with van der Waals surface area (Å²) in [5.41, 5.74) is 4.37. The van der Waals surface area contributed by atoms with Gasteiger partial charge in [0.2, 0.25) is 0 Å². The largest absolute Gasteiger partial charge is 0.310 e. The Morgan fingerprint density at radius 1 is 1.19 bits per heavy atom. The summed E-state index contributed by atoms with van der Waals surface area (Å²) < 4.78 is 0. The lowest BCUT2D eigenvalue weighted by molar-refractivity contribution is 0.209. The minimum Gasteiger partial charge on any atom is -0.310 e. The average Bonchev–Trinajstić information content (AvgIpc) is 2.49. The molecule has 0 heterocycles. The van der Waals surface area contributed by atoms with Gasteiger partial charge in [0.05, 0.1) is 0 Å². The third-order valence-electron chi connectivity index (χ3n) is 5.25. The second kappa shape index (κ2) is 7.98. The first-order valence-electron chi connectivity index (χ1n) is 8.96. The van der Waals surface area contributed by atoms with E-state index in [1.165, 1.54) is 55.2 Å². The van der Waals surface area contributed by atoms with Crippen LogP contribution in [0.5, 0.6) is 0 Å². The Balaban J connectivity index is 2.20. The highest BCUT2D eigenvalue weighted by molar-refractivity contribution is 5.33. The molecule has 1 fully saturated rings. The maximum atomic E-state index is 3.86. The fraction of sp³-hybridized carbons (Fsp3) is 0.700. The zero-order valence-corrected chi connectivity index (χ0v) is 14.4. The van der Waals surface area contributed by atoms with Gasteiger partial charge in [-0.25, -0.2) is 0 Å². The van der Waals surface area contributed by atoms with Crippen molar-refractivity contribution in [3.8, 4) is 0 Å². The van der Waals surface area contributed by atoms with Gasteiger partial charge in [0.25, 0.3) is 0 Å². The lowest BCUT2D eigenvalue weighted by Crippen LogP contribution is -2.32. The standard InChI is InChI=1S/C20H33N/c1-5-12-21-20(18-9-7-8-17(6-2)14-18)19-11-10-15(3)13-16(19)4/h10-11,13,17-18,20-21H,5-9,12,14H2,1-4H3. The molecule has 118 valence electrons. The van der Waals surface area contributed by atoms with Gasteiger partial charge in [-0.05, 0) is 62.6 Å². The van der Waals surface area contributed by atoms with Crippen LogP contribution in [0.15, 0.2) is 18.2 Å². The minimum atomic E-state index is 0.555. The van der Waals surface area contributed by atoms with E-state index in [9.17, 15) is 0 Å². The number of benzene rings is 1. The Bertz CT molecular complexity index is 437. The van der Waals surface area contributed by atoms with Crippen LogP contribution in [-0.2, 0) is 0 Å². The minimum absolute atomic E-state index is 0.555. The molecular formula is C20H33N. The van der Waals surface area contributed by atoms with E-state index < -0.39 is 0 Å². The predicted octanol–water partition coefficient (Wildman–Crippen LogP) is 5.56. The molecule has 0 spiro atoms. The summed E-state index contributed by atoms with van der Waals surface area (Å²) in [6.45, 7) is 10.2. The van der Waals surface area contributed by atoms with Crippen molar-refractivity contribution in [2.45, 2.75) is 72.3 Å². The first kappa shape index (κ1) is 16.5. The van der Waals surface area contributed by atoms with Crippen molar-refractivity contribution < 1.29 is 0 Å². The van der Waals surface area contributed by atoms with E-state index in [4.69, 9.17) is 0 Å². The van der Waals surface area contributed by atoms with Crippen molar-refractivity contribution in [3.63, 3.8) is 0 Å². The fourth-order valence-electron chi connectivity index (χ4n) is 4.01. The van der Waals surface area contributed by atoms with Crippen LogP contribution >= 0.6 is 0 Å². The number of hydrogen-bond acceptors (Lipinski definition) is 1.